The molecule has 0 aliphatic carbocycles. The van der Waals surface area contributed by atoms with Crippen LogP contribution in [-0.4, -0.2) is 41.1 Å². The number of rotatable bonds is 9. The predicted octanol–water partition coefficient (Wildman–Crippen LogP) is 4.03. The number of carbonyl (C=O) groups excluding carboxylic acids is 2. The molecule has 1 N–H and O–H groups in total. The van der Waals surface area contributed by atoms with Crippen molar-refractivity contribution in [3.05, 3.63) is 71.3 Å². The van der Waals surface area contributed by atoms with Crippen molar-refractivity contribution in [1.82, 2.24) is 4.90 Å². The fourth-order valence-corrected chi connectivity index (χ4v) is 4.19. The molecule has 1 fully saturated rings. The minimum Gasteiger partial charge on any atom is -0.389 e. The van der Waals surface area contributed by atoms with E-state index in [4.69, 9.17) is 4.74 Å². The quantitative estimate of drug-likeness (QED) is 0.635. The van der Waals surface area contributed by atoms with Gasteiger partial charge in [-0.2, -0.15) is 0 Å². The Kier molecular flexibility index (Phi) is 7.06. The van der Waals surface area contributed by atoms with E-state index in [1.54, 1.807) is 0 Å². The smallest absolute Gasteiger partial charge is 0.235 e. The van der Waals surface area contributed by atoms with Gasteiger partial charge in [-0.05, 0) is 36.5 Å². The Morgan fingerprint density at radius 3 is 2.27 bits per heavy atom. The lowest BCUT2D eigenvalue weighted by Crippen LogP contribution is -2.41. The molecular weight excluding hydrogens is 378 g/mol. The molecule has 1 saturated heterocycles. The van der Waals surface area contributed by atoms with Crippen molar-refractivity contribution in [3.63, 3.8) is 0 Å². The van der Waals surface area contributed by atoms with Gasteiger partial charge in [-0.25, -0.2) is 0 Å². The van der Waals surface area contributed by atoms with E-state index < -0.39 is 11.5 Å². The zero-order chi connectivity index (χ0) is 21.7. The molecular formula is C25H31NO4. The van der Waals surface area contributed by atoms with E-state index in [0.29, 0.717) is 12.8 Å². The monoisotopic (exact) mass is 409 g/mol. The lowest BCUT2D eigenvalue weighted by atomic mass is 9.81. The molecule has 5 heteroatoms. The lowest BCUT2D eigenvalue weighted by molar-refractivity contribution is -0.144. The van der Waals surface area contributed by atoms with Crippen molar-refractivity contribution in [2.45, 2.75) is 52.2 Å². The van der Waals surface area contributed by atoms with Crippen LogP contribution in [0.4, 0.5) is 0 Å². The highest BCUT2D eigenvalue weighted by atomic mass is 16.5. The van der Waals surface area contributed by atoms with Gasteiger partial charge in [-0.15, -0.1) is 0 Å². The van der Waals surface area contributed by atoms with Crippen LogP contribution < -0.4 is 0 Å². The normalized spacial score (nSPS) is 17.9. The first kappa shape index (κ1) is 22.2. The van der Waals surface area contributed by atoms with Crippen molar-refractivity contribution in [2.24, 2.45) is 5.41 Å². The molecule has 2 atom stereocenters. The molecule has 1 aliphatic rings. The number of likely N-dealkylation sites (tertiary alicyclic amines) is 1. The summed E-state index contributed by atoms with van der Waals surface area (Å²) < 4.78 is 6.14. The molecule has 160 valence electrons. The fourth-order valence-electron chi connectivity index (χ4n) is 4.19. The van der Waals surface area contributed by atoms with Gasteiger partial charge in [0.15, 0.2) is 0 Å². The average molecular weight is 410 g/mol. The third-order valence-corrected chi connectivity index (χ3v) is 6.26. The first-order chi connectivity index (χ1) is 14.4. The van der Waals surface area contributed by atoms with Crippen molar-refractivity contribution in [1.29, 1.82) is 0 Å². The van der Waals surface area contributed by atoms with Gasteiger partial charge >= 0.3 is 0 Å². The summed E-state index contributed by atoms with van der Waals surface area (Å²) >= 11 is 0. The van der Waals surface area contributed by atoms with Crippen LogP contribution in [0.3, 0.4) is 0 Å². The second kappa shape index (κ2) is 9.54. The van der Waals surface area contributed by atoms with E-state index in [2.05, 4.69) is 0 Å². The molecule has 0 saturated carbocycles. The molecule has 0 bridgehead atoms. The fraction of sp³-hybridized carbons (Fsp3) is 0.440. The summed E-state index contributed by atoms with van der Waals surface area (Å²) in [7, 11) is 0. The highest BCUT2D eigenvalue weighted by Crippen LogP contribution is 2.39. The number of aliphatic hydroxyl groups excluding tert-OH is 1. The molecule has 2 amide bonds. The van der Waals surface area contributed by atoms with Gasteiger partial charge in [0.2, 0.25) is 11.8 Å². The Morgan fingerprint density at radius 2 is 1.67 bits per heavy atom. The third kappa shape index (κ3) is 4.47. The molecule has 0 spiro atoms. The zero-order valence-electron chi connectivity index (χ0n) is 18.0. The topological polar surface area (TPSA) is 66.8 Å². The molecule has 0 unspecified atom stereocenters. The molecule has 2 aromatic rings. The van der Waals surface area contributed by atoms with Gasteiger partial charge in [0.05, 0.1) is 24.7 Å². The van der Waals surface area contributed by atoms with Crippen LogP contribution in [0.15, 0.2) is 54.6 Å². The standard InChI is InChI=1S/C25H31NO4/c1-4-25(5-2)15-22(28)26(24(25)29)16-20(27)17-30-23(19-12-7-6-8-13-19)21-14-10-9-11-18(21)3/h6-14,20,23,27H,4-5,15-17H2,1-3H3/t20-,23-/m1/s1. The van der Waals surface area contributed by atoms with E-state index in [-0.39, 0.29) is 37.5 Å². The number of amides is 2. The summed E-state index contributed by atoms with van der Waals surface area (Å²) in [5.41, 5.74) is 2.50. The second-order valence-corrected chi connectivity index (χ2v) is 8.11. The zero-order valence-corrected chi connectivity index (χ0v) is 18.0. The SMILES string of the molecule is CCC1(CC)CC(=O)N(C[C@@H](O)CO[C@H](c2ccccc2)c2ccccc2C)C1=O. The van der Waals surface area contributed by atoms with E-state index in [0.717, 1.165) is 16.7 Å². The molecule has 1 heterocycles. The maximum Gasteiger partial charge on any atom is 0.235 e. The highest BCUT2D eigenvalue weighted by Gasteiger charge is 2.49. The number of β-amino-alcohol motifs (C(OH)–C–C–N with tert-alkyl or cyclic N) is 1. The summed E-state index contributed by atoms with van der Waals surface area (Å²) in [6, 6.07) is 17.8. The largest absolute Gasteiger partial charge is 0.389 e. The molecule has 5 nitrogen and oxygen atoms in total. The van der Waals surface area contributed by atoms with Crippen molar-refractivity contribution < 1.29 is 19.4 Å². The minimum absolute atomic E-state index is 0.0240. The van der Waals surface area contributed by atoms with Crippen molar-refractivity contribution in [3.8, 4) is 0 Å². The van der Waals surface area contributed by atoms with E-state index >= 15 is 0 Å². The van der Waals surface area contributed by atoms with Gasteiger partial charge in [0, 0.05) is 6.42 Å². The van der Waals surface area contributed by atoms with E-state index in [1.165, 1.54) is 4.90 Å². The highest BCUT2D eigenvalue weighted by molar-refractivity contribution is 6.05. The van der Waals surface area contributed by atoms with Gasteiger partial charge in [0.1, 0.15) is 6.10 Å². The average Bonchev–Trinajstić information content (AvgIpc) is 3.00. The van der Waals surface area contributed by atoms with Crippen molar-refractivity contribution in [2.75, 3.05) is 13.2 Å². The number of hydrogen-bond donors (Lipinski definition) is 1. The minimum atomic E-state index is -0.947. The second-order valence-electron chi connectivity index (χ2n) is 8.11. The summed E-state index contributed by atoms with van der Waals surface area (Å²) in [4.78, 5) is 26.5. The van der Waals surface area contributed by atoms with Crippen LogP contribution in [0, 0.1) is 12.3 Å². The van der Waals surface area contributed by atoms with E-state index in [1.807, 2.05) is 75.4 Å². The predicted molar refractivity (Wildman–Crippen MR) is 116 cm³/mol. The summed E-state index contributed by atoms with van der Waals surface area (Å²) in [5, 5.41) is 10.6. The van der Waals surface area contributed by atoms with E-state index in [9.17, 15) is 14.7 Å². The number of nitrogens with zero attached hydrogens (tertiary/aromatic N) is 1. The Labute approximate surface area is 178 Å². The lowest BCUT2D eigenvalue weighted by Gasteiger charge is -2.26. The number of imide groups is 1. The third-order valence-electron chi connectivity index (χ3n) is 6.26. The van der Waals surface area contributed by atoms with Crippen LogP contribution in [0.25, 0.3) is 0 Å². The summed E-state index contributed by atoms with van der Waals surface area (Å²) in [5.74, 6) is -0.378. The number of aliphatic hydroxyl groups is 1. The maximum atomic E-state index is 12.8. The van der Waals surface area contributed by atoms with Crippen molar-refractivity contribution >= 4 is 11.8 Å². The first-order valence-corrected chi connectivity index (χ1v) is 10.7. The molecule has 30 heavy (non-hydrogen) atoms. The van der Waals surface area contributed by atoms with Gasteiger partial charge < -0.3 is 9.84 Å². The van der Waals surface area contributed by atoms with Crippen LogP contribution in [0.1, 0.15) is 55.9 Å². The summed E-state index contributed by atoms with van der Waals surface area (Å²) in [6.07, 6.45) is 0.193. The number of hydrogen-bond acceptors (Lipinski definition) is 4. The Balaban J connectivity index is 1.71. The van der Waals surface area contributed by atoms with Crippen LogP contribution in [-0.2, 0) is 14.3 Å². The Bertz CT molecular complexity index is 876. The number of benzene rings is 2. The molecule has 0 radical (unpaired) electrons. The van der Waals surface area contributed by atoms with Gasteiger partial charge in [0.25, 0.3) is 0 Å². The Morgan fingerprint density at radius 1 is 1.03 bits per heavy atom. The van der Waals surface area contributed by atoms with Crippen LogP contribution in [0.2, 0.25) is 0 Å². The molecule has 3 rings (SSSR count). The molecule has 1 aliphatic heterocycles. The van der Waals surface area contributed by atoms with Crippen LogP contribution in [0.5, 0.6) is 0 Å². The van der Waals surface area contributed by atoms with Gasteiger partial charge in [-0.1, -0.05) is 68.4 Å². The number of carbonyl (C=O) groups is 2. The number of aryl methyl sites for hydroxylation is 1. The van der Waals surface area contributed by atoms with Gasteiger partial charge in [-0.3, -0.25) is 14.5 Å². The number of ether oxygens (including phenoxy) is 1. The maximum absolute atomic E-state index is 12.8. The first-order valence-electron chi connectivity index (χ1n) is 10.7. The molecule has 2 aromatic carbocycles. The molecule has 0 aromatic heterocycles. The van der Waals surface area contributed by atoms with Crippen LogP contribution >= 0.6 is 0 Å². The Hall–Kier alpha value is -2.50. The summed E-state index contributed by atoms with van der Waals surface area (Å²) in [6.45, 7) is 5.89.